The molecule has 1 saturated heterocycles. The van der Waals surface area contributed by atoms with E-state index in [1.807, 2.05) is 27.7 Å². The van der Waals surface area contributed by atoms with E-state index in [0.29, 0.717) is 13.1 Å². The summed E-state index contributed by atoms with van der Waals surface area (Å²) in [5.41, 5.74) is -0.442. The average molecular weight is 244 g/mol. The Balaban J connectivity index is 2.25. The van der Waals surface area contributed by atoms with Crippen LogP contribution in [0.25, 0.3) is 0 Å². The van der Waals surface area contributed by atoms with E-state index in [9.17, 15) is 9.90 Å². The van der Waals surface area contributed by atoms with Gasteiger partial charge in [-0.3, -0.25) is 0 Å². The van der Waals surface area contributed by atoms with Crippen molar-refractivity contribution in [3.05, 3.63) is 0 Å². The highest BCUT2D eigenvalue weighted by Gasteiger charge is 2.34. The number of hydrogen-bond acceptors (Lipinski definition) is 4. The van der Waals surface area contributed by atoms with Gasteiger partial charge in [0, 0.05) is 25.2 Å². The molecule has 100 valence electrons. The molecule has 1 rings (SSSR count). The molecule has 1 fully saturated rings. The molecule has 0 aromatic rings. The van der Waals surface area contributed by atoms with Crippen LogP contribution in [-0.4, -0.2) is 53.0 Å². The Bertz CT molecular complexity index is 267. The van der Waals surface area contributed by atoms with Gasteiger partial charge in [0.25, 0.3) is 0 Å². The Labute approximate surface area is 103 Å². The van der Waals surface area contributed by atoms with E-state index in [1.54, 1.807) is 11.8 Å². The molecule has 0 saturated carbocycles. The van der Waals surface area contributed by atoms with Crippen LogP contribution >= 0.6 is 0 Å². The lowest BCUT2D eigenvalue weighted by molar-refractivity contribution is 0.00231. The van der Waals surface area contributed by atoms with Gasteiger partial charge in [0.2, 0.25) is 0 Å². The van der Waals surface area contributed by atoms with Gasteiger partial charge < -0.3 is 20.1 Å². The smallest absolute Gasteiger partial charge is 0.410 e. The fraction of sp³-hybridized carbons (Fsp3) is 0.917. The summed E-state index contributed by atoms with van der Waals surface area (Å²) in [6.45, 7) is 10.5. The van der Waals surface area contributed by atoms with Crippen LogP contribution in [0.3, 0.4) is 0 Å². The van der Waals surface area contributed by atoms with E-state index in [1.165, 1.54) is 0 Å². The van der Waals surface area contributed by atoms with Gasteiger partial charge in [-0.2, -0.15) is 0 Å². The molecule has 0 radical (unpaired) electrons. The standard InChI is InChI=1S/C12H24N2O3/c1-8(9(2)15)13-10-6-14(7-10)11(16)17-12(3,4)5/h8-10,13,15H,6-7H2,1-5H3. The van der Waals surface area contributed by atoms with Gasteiger partial charge in [0.05, 0.1) is 6.10 Å². The minimum absolute atomic E-state index is 0.0424. The third kappa shape index (κ3) is 4.52. The zero-order chi connectivity index (χ0) is 13.2. The highest BCUT2D eigenvalue weighted by Crippen LogP contribution is 2.15. The Morgan fingerprint density at radius 1 is 1.41 bits per heavy atom. The Hall–Kier alpha value is -0.810. The molecule has 0 aliphatic carbocycles. The number of nitrogens with zero attached hydrogens (tertiary/aromatic N) is 1. The molecule has 2 unspecified atom stereocenters. The summed E-state index contributed by atoms with van der Waals surface area (Å²) in [6, 6.07) is 0.299. The van der Waals surface area contributed by atoms with Crippen LogP contribution in [0, 0.1) is 0 Å². The highest BCUT2D eigenvalue weighted by atomic mass is 16.6. The van der Waals surface area contributed by atoms with Crippen molar-refractivity contribution in [1.82, 2.24) is 10.2 Å². The summed E-state index contributed by atoms with van der Waals surface area (Å²) in [7, 11) is 0. The van der Waals surface area contributed by atoms with E-state index >= 15 is 0 Å². The topological polar surface area (TPSA) is 61.8 Å². The van der Waals surface area contributed by atoms with Crippen LogP contribution in [0.5, 0.6) is 0 Å². The zero-order valence-corrected chi connectivity index (χ0v) is 11.4. The third-order valence-corrected chi connectivity index (χ3v) is 2.76. The lowest BCUT2D eigenvalue weighted by Gasteiger charge is -2.41. The lowest BCUT2D eigenvalue weighted by Crippen LogP contribution is -2.63. The van der Waals surface area contributed by atoms with Gasteiger partial charge in [-0.05, 0) is 34.6 Å². The van der Waals surface area contributed by atoms with Crippen molar-refractivity contribution in [1.29, 1.82) is 0 Å². The van der Waals surface area contributed by atoms with E-state index in [2.05, 4.69) is 5.32 Å². The maximum absolute atomic E-state index is 11.6. The maximum atomic E-state index is 11.6. The minimum atomic E-state index is -0.442. The van der Waals surface area contributed by atoms with E-state index in [4.69, 9.17) is 4.74 Å². The first kappa shape index (κ1) is 14.3. The number of aliphatic hydroxyl groups is 1. The van der Waals surface area contributed by atoms with Crippen molar-refractivity contribution in [3.8, 4) is 0 Å². The molecule has 0 spiro atoms. The molecule has 0 aromatic carbocycles. The van der Waals surface area contributed by atoms with Crippen LogP contribution in [0.4, 0.5) is 4.79 Å². The van der Waals surface area contributed by atoms with Crippen molar-refractivity contribution < 1.29 is 14.6 Å². The summed E-state index contributed by atoms with van der Waals surface area (Å²) < 4.78 is 5.25. The first-order valence-electron chi connectivity index (χ1n) is 6.11. The highest BCUT2D eigenvalue weighted by molar-refractivity contribution is 5.69. The molecule has 1 heterocycles. The number of hydrogen-bond donors (Lipinski definition) is 2. The van der Waals surface area contributed by atoms with Crippen molar-refractivity contribution in [2.24, 2.45) is 0 Å². The molecular formula is C12H24N2O3. The molecule has 5 heteroatoms. The molecule has 1 amide bonds. The molecule has 1 aliphatic heterocycles. The van der Waals surface area contributed by atoms with Crippen LogP contribution in [0.1, 0.15) is 34.6 Å². The summed E-state index contributed by atoms with van der Waals surface area (Å²) in [5.74, 6) is 0. The summed E-state index contributed by atoms with van der Waals surface area (Å²) >= 11 is 0. The van der Waals surface area contributed by atoms with Gasteiger partial charge in [-0.25, -0.2) is 4.79 Å². The molecule has 1 aliphatic rings. The fourth-order valence-electron chi connectivity index (χ4n) is 1.57. The molecule has 2 N–H and O–H groups in total. The van der Waals surface area contributed by atoms with Gasteiger partial charge in [0.15, 0.2) is 0 Å². The number of carbonyl (C=O) groups is 1. The SMILES string of the molecule is CC(O)C(C)NC1CN(C(=O)OC(C)(C)C)C1. The number of likely N-dealkylation sites (tertiary alicyclic amines) is 1. The van der Waals surface area contributed by atoms with Crippen LogP contribution in [0.2, 0.25) is 0 Å². The lowest BCUT2D eigenvalue weighted by atomic mass is 10.1. The van der Waals surface area contributed by atoms with Gasteiger partial charge in [-0.1, -0.05) is 0 Å². The Kier molecular flexibility index (Phi) is 4.38. The second-order valence-corrected chi connectivity index (χ2v) is 5.78. The van der Waals surface area contributed by atoms with E-state index in [0.717, 1.165) is 0 Å². The molecular weight excluding hydrogens is 220 g/mol. The average Bonchev–Trinajstić information content (AvgIpc) is 2.06. The summed E-state index contributed by atoms with van der Waals surface area (Å²) in [5, 5.41) is 12.6. The largest absolute Gasteiger partial charge is 0.444 e. The number of amides is 1. The molecule has 0 bridgehead atoms. The normalized spacial score (nSPS) is 20.7. The van der Waals surface area contributed by atoms with Crippen LogP contribution in [-0.2, 0) is 4.74 Å². The second kappa shape index (κ2) is 5.23. The third-order valence-electron chi connectivity index (χ3n) is 2.76. The van der Waals surface area contributed by atoms with Crippen molar-refractivity contribution in [3.63, 3.8) is 0 Å². The summed E-state index contributed by atoms with van der Waals surface area (Å²) in [4.78, 5) is 13.3. The number of rotatable bonds is 3. The quantitative estimate of drug-likeness (QED) is 0.776. The monoisotopic (exact) mass is 244 g/mol. The number of aliphatic hydroxyl groups excluding tert-OH is 1. The first-order valence-corrected chi connectivity index (χ1v) is 6.11. The molecule has 0 aromatic heterocycles. The first-order chi connectivity index (χ1) is 7.69. The number of carbonyl (C=O) groups excluding carboxylic acids is 1. The van der Waals surface area contributed by atoms with Crippen molar-refractivity contribution in [2.75, 3.05) is 13.1 Å². The van der Waals surface area contributed by atoms with E-state index in [-0.39, 0.29) is 24.3 Å². The number of ether oxygens (including phenoxy) is 1. The van der Waals surface area contributed by atoms with Crippen molar-refractivity contribution in [2.45, 2.75) is 58.4 Å². The Morgan fingerprint density at radius 2 is 1.94 bits per heavy atom. The van der Waals surface area contributed by atoms with Crippen LogP contribution in [0.15, 0.2) is 0 Å². The minimum Gasteiger partial charge on any atom is -0.444 e. The predicted molar refractivity (Wildman–Crippen MR) is 65.9 cm³/mol. The van der Waals surface area contributed by atoms with Crippen LogP contribution < -0.4 is 5.32 Å². The van der Waals surface area contributed by atoms with Crippen molar-refractivity contribution >= 4 is 6.09 Å². The van der Waals surface area contributed by atoms with Gasteiger partial charge in [-0.15, -0.1) is 0 Å². The summed E-state index contributed by atoms with van der Waals surface area (Å²) in [6.07, 6.45) is -0.647. The molecule has 17 heavy (non-hydrogen) atoms. The fourth-order valence-corrected chi connectivity index (χ4v) is 1.57. The number of nitrogens with one attached hydrogen (secondary N) is 1. The molecule has 2 atom stereocenters. The van der Waals surface area contributed by atoms with E-state index < -0.39 is 5.60 Å². The predicted octanol–water partition coefficient (Wildman–Crippen LogP) is 0.965. The Morgan fingerprint density at radius 3 is 2.35 bits per heavy atom. The zero-order valence-electron chi connectivity index (χ0n) is 11.4. The van der Waals surface area contributed by atoms with Gasteiger partial charge in [0.1, 0.15) is 5.60 Å². The molecule has 5 nitrogen and oxygen atoms in total. The second-order valence-electron chi connectivity index (χ2n) is 5.78. The maximum Gasteiger partial charge on any atom is 0.410 e. The van der Waals surface area contributed by atoms with Gasteiger partial charge >= 0.3 is 6.09 Å².